The van der Waals surface area contributed by atoms with Crippen molar-refractivity contribution >= 4 is 16.9 Å². The van der Waals surface area contributed by atoms with Crippen molar-refractivity contribution in [1.82, 2.24) is 9.55 Å². The van der Waals surface area contributed by atoms with Crippen LogP contribution in [0.1, 0.15) is 59.2 Å². The number of benzene rings is 1. The van der Waals surface area contributed by atoms with Gasteiger partial charge in [-0.15, -0.1) is 0 Å². The number of carbonyl (C=O) groups is 1. The van der Waals surface area contributed by atoms with Gasteiger partial charge in [0.2, 0.25) is 0 Å². The molecule has 2 atom stereocenters. The van der Waals surface area contributed by atoms with Gasteiger partial charge in [0.05, 0.1) is 29.0 Å². The maximum atomic E-state index is 14.7. The van der Waals surface area contributed by atoms with Crippen LogP contribution in [0.25, 0.3) is 22.3 Å². The zero-order chi connectivity index (χ0) is 22.5. The quantitative estimate of drug-likeness (QED) is 0.445. The fraction of sp³-hybridized carbons (Fsp3) is 0.375. The summed E-state index contributed by atoms with van der Waals surface area (Å²) in [4.78, 5) is 30.5. The van der Waals surface area contributed by atoms with Crippen molar-refractivity contribution in [2.45, 2.75) is 57.9 Å². The molecule has 0 unspecified atom stereocenters. The molecule has 164 valence electrons. The second-order valence-corrected chi connectivity index (χ2v) is 8.96. The summed E-state index contributed by atoms with van der Waals surface area (Å²) in [5.74, 6) is -1.11. The van der Waals surface area contributed by atoms with E-state index in [-0.39, 0.29) is 41.6 Å². The van der Waals surface area contributed by atoms with E-state index in [1.807, 2.05) is 0 Å². The number of hydrogen-bond donors (Lipinski definition) is 2. The number of pyridine rings is 2. The predicted molar refractivity (Wildman–Crippen MR) is 114 cm³/mol. The number of aryl methyl sites for hydroxylation is 1. The van der Waals surface area contributed by atoms with Gasteiger partial charge in [0.25, 0.3) is 5.56 Å². The molecule has 0 bridgehead atoms. The van der Waals surface area contributed by atoms with E-state index >= 15 is 0 Å². The van der Waals surface area contributed by atoms with E-state index in [4.69, 9.17) is 15.5 Å². The van der Waals surface area contributed by atoms with Crippen molar-refractivity contribution < 1.29 is 19.0 Å². The van der Waals surface area contributed by atoms with Crippen molar-refractivity contribution in [3.05, 3.63) is 61.7 Å². The highest BCUT2D eigenvalue weighted by atomic mass is 19.1. The Labute approximate surface area is 182 Å². The molecule has 0 saturated heterocycles. The van der Waals surface area contributed by atoms with Gasteiger partial charge in [0.15, 0.2) is 5.60 Å². The summed E-state index contributed by atoms with van der Waals surface area (Å²) in [5, 5.41) is 11.9. The molecule has 0 spiro atoms. The molecule has 32 heavy (non-hydrogen) atoms. The highest BCUT2D eigenvalue weighted by Crippen LogP contribution is 2.44. The first kappa shape index (κ1) is 19.6. The molecule has 2 aliphatic heterocycles. The number of halogens is 1. The number of cyclic esters (lactones) is 1. The molecule has 3 N–H and O–H groups in total. The Morgan fingerprint density at radius 3 is 2.84 bits per heavy atom. The minimum atomic E-state index is -1.88. The Morgan fingerprint density at radius 1 is 1.31 bits per heavy atom. The minimum Gasteiger partial charge on any atom is -0.458 e. The van der Waals surface area contributed by atoms with Crippen molar-refractivity contribution in [2.24, 2.45) is 5.73 Å². The molecular formula is C24H22FN3O4. The number of aromatic nitrogens is 2. The minimum absolute atomic E-state index is 0.0801. The normalized spacial score (nSPS) is 23.0. The zero-order valence-corrected chi connectivity index (χ0v) is 17.8. The van der Waals surface area contributed by atoms with Crippen molar-refractivity contribution in [3.63, 3.8) is 0 Å². The second-order valence-electron chi connectivity index (χ2n) is 8.96. The average Bonchev–Trinajstić information content (AvgIpc) is 3.14. The SMILES string of the molecule is CC[C@@]1(O)C(=O)OCc2c1cc1n(c2=O)Cc2c-1nc1cc(F)c(C)c3c1c2CC[C@H]3N. The van der Waals surface area contributed by atoms with Crippen LogP contribution in [0.5, 0.6) is 0 Å². The summed E-state index contributed by atoms with van der Waals surface area (Å²) in [7, 11) is 0. The van der Waals surface area contributed by atoms with Gasteiger partial charge in [0, 0.05) is 28.6 Å². The topological polar surface area (TPSA) is 107 Å². The Hall–Kier alpha value is -3.10. The van der Waals surface area contributed by atoms with E-state index in [1.54, 1.807) is 24.5 Å². The Kier molecular flexibility index (Phi) is 3.81. The van der Waals surface area contributed by atoms with Gasteiger partial charge < -0.3 is 20.1 Å². The number of carbonyl (C=O) groups excluding carboxylic acids is 1. The molecule has 0 radical (unpaired) electrons. The largest absolute Gasteiger partial charge is 0.458 e. The van der Waals surface area contributed by atoms with Crippen LogP contribution < -0.4 is 11.3 Å². The van der Waals surface area contributed by atoms with E-state index < -0.39 is 11.6 Å². The Bertz CT molecular complexity index is 1440. The molecule has 0 amide bonds. The van der Waals surface area contributed by atoms with Gasteiger partial charge in [0.1, 0.15) is 12.4 Å². The molecule has 7 nitrogen and oxygen atoms in total. The van der Waals surface area contributed by atoms with Gasteiger partial charge in [-0.1, -0.05) is 6.92 Å². The van der Waals surface area contributed by atoms with Gasteiger partial charge in [-0.2, -0.15) is 0 Å². The van der Waals surface area contributed by atoms with E-state index in [0.29, 0.717) is 41.9 Å². The van der Waals surface area contributed by atoms with E-state index in [0.717, 1.165) is 22.1 Å². The summed E-state index contributed by atoms with van der Waals surface area (Å²) < 4.78 is 21.5. The lowest BCUT2D eigenvalue weighted by Crippen LogP contribution is -2.44. The molecular weight excluding hydrogens is 413 g/mol. The van der Waals surface area contributed by atoms with Crippen molar-refractivity contribution in [3.8, 4) is 11.4 Å². The van der Waals surface area contributed by atoms with Crippen molar-refractivity contribution in [1.29, 1.82) is 0 Å². The predicted octanol–water partition coefficient (Wildman–Crippen LogP) is 2.47. The molecule has 8 heteroatoms. The number of nitrogens with two attached hydrogens (primary N) is 1. The number of ether oxygens (including phenoxy) is 1. The van der Waals surface area contributed by atoms with Crippen LogP contribution in [-0.4, -0.2) is 20.6 Å². The molecule has 3 aliphatic rings. The molecule has 0 fully saturated rings. The third-order valence-electron chi connectivity index (χ3n) is 7.41. The standard InChI is InChI=1S/C24H22FN3O4/c1-3-24(31)14-6-18-21-12(8-28(18)22(29)13(14)9-32-23(24)30)11-4-5-16(26)19-10(2)15(25)7-17(27-21)20(11)19/h6-7,16,31H,3-5,8-9,26H2,1-2H3/t16-,24+/m1/s1. The summed E-state index contributed by atoms with van der Waals surface area (Å²) in [6, 6.07) is 2.84. The molecule has 0 saturated carbocycles. The fourth-order valence-corrected chi connectivity index (χ4v) is 5.62. The lowest BCUT2D eigenvalue weighted by Gasteiger charge is -2.31. The second kappa shape index (κ2) is 6.24. The maximum Gasteiger partial charge on any atom is 0.343 e. The third kappa shape index (κ3) is 2.23. The number of fused-ring (bicyclic) bond motifs is 5. The van der Waals surface area contributed by atoms with Crippen LogP contribution >= 0.6 is 0 Å². The molecule has 1 aliphatic carbocycles. The van der Waals surface area contributed by atoms with E-state index in [2.05, 4.69) is 0 Å². The first-order valence-electron chi connectivity index (χ1n) is 10.8. The summed E-state index contributed by atoms with van der Waals surface area (Å²) in [5.41, 5.74) is 9.65. The van der Waals surface area contributed by atoms with Gasteiger partial charge in [-0.25, -0.2) is 14.2 Å². The molecule has 6 rings (SSSR count). The molecule has 4 heterocycles. The number of aliphatic hydroxyl groups is 1. The number of esters is 1. The van der Waals surface area contributed by atoms with Crippen LogP contribution in [0.2, 0.25) is 0 Å². The van der Waals surface area contributed by atoms with Crippen LogP contribution in [0, 0.1) is 12.7 Å². The highest BCUT2D eigenvalue weighted by molar-refractivity contribution is 5.93. The molecule has 3 aromatic rings. The highest BCUT2D eigenvalue weighted by Gasteiger charge is 2.45. The first-order valence-corrected chi connectivity index (χ1v) is 10.8. The van der Waals surface area contributed by atoms with Gasteiger partial charge >= 0.3 is 5.97 Å². The van der Waals surface area contributed by atoms with Crippen LogP contribution in [-0.2, 0) is 34.7 Å². The average molecular weight is 435 g/mol. The lowest BCUT2D eigenvalue weighted by molar-refractivity contribution is -0.172. The fourth-order valence-electron chi connectivity index (χ4n) is 5.62. The van der Waals surface area contributed by atoms with Gasteiger partial charge in [-0.3, -0.25) is 4.79 Å². The number of hydrogen-bond acceptors (Lipinski definition) is 6. The first-order chi connectivity index (χ1) is 15.3. The maximum absolute atomic E-state index is 14.7. The molecule has 2 aromatic heterocycles. The summed E-state index contributed by atoms with van der Waals surface area (Å²) in [6.07, 6.45) is 1.47. The Balaban J connectivity index is 1.69. The lowest BCUT2D eigenvalue weighted by atomic mass is 9.82. The summed E-state index contributed by atoms with van der Waals surface area (Å²) in [6.45, 7) is 3.57. The monoisotopic (exact) mass is 435 g/mol. The third-order valence-corrected chi connectivity index (χ3v) is 7.41. The number of nitrogens with zero attached hydrogens (tertiary/aromatic N) is 2. The summed E-state index contributed by atoms with van der Waals surface area (Å²) >= 11 is 0. The van der Waals surface area contributed by atoms with E-state index in [9.17, 15) is 19.1 Å². The van der Waals surface area contributed by atoms with Crippen molar-refractivity contribution in [2.75, 3.05) is 0 Å². The Morgan fingerprint density at radius 2 is 2.09 bits per heavy atom. The van der Waals surface area contributed by atoms with Crippen LogP contribution in [0.3, 0.4) is 0 Å². The number of rotatable bonds is 1. The van der Waals surface area contributed by atoms with Gasteiger partial charge in [-0.05, 0) is 48.9 Å². The molecule has 1 aromatic carbocycles. The van der Waals surface area contributed by atoms with Crippen LogP contribution in [0.15, 0.2) is 16.9 Å². The van der Waals surface area contributed by atoms with Crippen LogP contribution in [0.4, 0.5) is 4.39 Å². The zero-order valence-electron chi connectivity index (χ0n) is 17.8. The van der Waals surface area contributed by atoms with E-state index in [1.165, 1.54) is 6.07 Å². The smallest absolute Gasteiger partial charge is 0.343 e.